The molecular weight excluding hydrogens is 356 g/mol. The summed E-state index contributed by atoms with van der Waals surface area (Å²) in [5, 5.41) is 4.00. The molecule has 3 aromatic rings. The molecule has 0 radical (unpaired) electrons. The van der Waals surface area contributed by atoms with Crippen LogP contribution < -0.4 is 5.43 Å². The van der Waals surface area contributed by atoms with Crippen LogP contribution in [0.3, 0.4) is 0 Å². The second-order valence-electron chi connectivity index (χ2n) is 5.05. The molecule has 6 heteroatoms. The van der Waals surface area contributed by atoms with Crippen LogP contribution in [0.2, 0.25) is 0 Å². The maximum Gasteiger partial charge on any atom is 0.260 e. The van der Waals surface area contributed by atoms with Gasteiger partial charge in [0.25, 0.3) is 5.91 Å². The van der Waals surface area contributed by atoms with E-state index in [4.69, 9.17) is 0 Å². The van der Waals surface area contributed by atoms with Crippen molar-refractivity contribution in [3.05, 3.63) is 64.4 Å². The number of fused-ring (bicyclic) bond motifs is 1. The summed E-state index contributed by atoms with van der Waals surface area (Å²) in [6, 6.07) is 15.4. The number of amides is 1. The Morgan fingerprint density at radius 1 is 1.26 bits per heavy atom. The van der Waals surface area contributed by atoms with Gasteiger partial charge in [-0.3, -0.25) is 4.79 Å². The lowest BCUT2D eigenvalue weighted by molar-refractivity contribution is -0.121. The number of benzene rings is 2. The van der Waals surface area contributed by atoms with Crippen molar-refractivity contribution in [2.75, 3.05) is 0 Å². The Balaban J connectivity index is 1.70. The number of hydrazone groups is 1. The van der Waals surface area contributed by atoms with Crippen LogP contribution in [0.25, 0.3) is 11.0 Å². The van der Waals surface area contributed by atoms with Crippen molar-refractivity contribution in [1.82, 2.24) is 15.0 Å². The number of nitrogens with zero attached hydrogens (tertiary/aromatic N) is 3. The molecule has 1 N–H and O–H groups in total. The Labute approximate surface area is 142 Å². The van der Waals surface area contributed by atoms with Gasteiger partial charge in [0.1, 0.15) is 12.4 Å². The van der Waals surface area contributed by atoms with E-state index >= 15 is 0 Å². The third-order valence-electron chi connectivity index (χ3n) is 3.45. The average molecular weight is 371 g/mol. The maximum absolute atomic E-state index is 12.1. The predicted molar refractivity (Wildman–Crippen MR) is 94.3 cm³/mol. The minimum Gasteiger partial charge on any atom is -0.319 e. The van der Waals surface area contributed by atoms with Gasteiger partial charge in [-0.2, -0.15) is 5.10 Å². The molecule has 23 heavy (non-hydrogen) atoms. The SMILES string of the molecule is Cc1nc2ccccc2n1CC(=O)N/N=C\c1ccccc1Br. The molecule has 0 saturated heterocycles. The normalized spacial score (nSPS) is 11.2. The quantitative estimate of drug-likeness (QED) is 0.565. The van der Waals surface area contributed by atoms with E-state index in [2.05, 4.69) is 31.4 Å². The lowest BCUT2D eigenvalue weighted by Crippen LogP contribution is -2.23. The summed E-state index contributed by atoms with van der Waals surface area (Å²) >= 11 is 3.43. The van der Waals surface area contributed by atoms with E-state index in [1.807, 2.05) is 60.0 Å². The molecule has 1 aromatic heterocycles. The van der Waals surface area contributed by atoms with Gasteiger partial charge in [-0.15, -0.1) is 0 Å². The van der Waals surface area contributed by atoms with Crippen LogP contribution in [0, 0.1) is 6.92 Å². The first-order valence-corrected chi connectivity index (χ1v) is 7.93. The van der Waals surface area contributed by atoms with E-state index in [9.17, 15) is 4.79 Å². The largest absolute Gasteiger partial charge is 0.319 e. The summed E-state index contributed by atoms with van der Waals surface area (Å²) in [4.78, 5) is 16.5. The van der Waals surface area contributed by atoms with Crippen LogP contribution >= 0.6 is 15.9 Å². The number of aromatic nitrogens is 2. The van der Waals surface area contributed by atoms with Gasteiger partial charge >= 0.3 is 0 Å². The van der Waals surface area contributed by atoms with Gasteiger partial charge in [0.15, 0.2) is 0 Å². The highest BCUT2D eigenvalue weighted by Gasteiger charge is 2.09. The number of hydrogen-bond acceptors (Lipinski definition) is 3. The predicted octanol–water partition coefficient (Wildman–Crippen LogP) is 3.26. The standard InChI is InChI=1S/C17H15BrN4O/c1-12-20-15-8-4-5-9-16(15)22(12)11-17(23)21-19-10-13-6-2-3-7-14(13)18/h2-10H,11H2,1H3,(H,21,23)/b19-10-. The first kappa shape index (κ1) is 15.4. The van der Waals surface area contributed by atoms with Crippen LogP contribution in [0.5, 0.6) is 0 Å². The molecule has 0 aliphatic heterocycles. The molecule has 0 bridgehead atoms. The third-order valence-corrected chi connectivity index (χ3v) is 4.17. The van der Waals surface area contributed by atoms with Gasteiger partial charge in [0, 0.05) is 10.0 Å². The van der Waals surface area contributed by atoms with Crippen molar-refractivity contribution in [3.63, 3.8) is 0 Å². The molecule has 2 aromatic carbocycles. The number of imidazole rings is 1. The topological polar surface area (TPSA) is 59.3 Å². The van der Waals surface area contributed by atoms with Crippen LogP contribution in [-0.4, -0.2) is 21.7 Å². The first-order valence-electron chi connectivity index (χ1n) is 7.13. The molecule has 5 nitrogen and oxygen atoms in total. The zero-order valence-electron chi connectivity index (χ0n) is 12.5. The number of para-hydroxylation sites is 2. The lowest BCUT2D eigenvalue weighted by atomic mass is 10.2. The fourth-order valence-electron chi connectivity index (χ4n) is 2.33. The minimum absolute atomic E-state index is 0.180. The van der Waals surface area contributed by atoms with Gasteiger partial charge in [-0.25, -0.2) is 10.4 Å². The zero-order valence-corrected chi connectivity index (χ0v) is 14.1. The number of aryl methyl sites for hydroxylation is 1. The molecule has 1 heterocycles. The summed E-state index contributed by atoms with van der Waals surface area (Å²) < 4.78 is 2.80. The third kappa shape index (κ3) is 3.48. The van der Waals surface area contributed by atoms with Gasteiger partial charge in [-0.1, -0.05) is 46.3 Å². The molecule has 0 saturated carbocycles. The van der Waals surface area contributed by atoms with Crippen molar-refractivity contribution < 1.29 is 4.79 Å². The van der Waals surface area contributed by atoms with Crippen LogP contribution in [0.1, 0.15) is 11.4 Å². The number of carbonyl (C=O) groups excluding carboxylic acids is 1. The van der Waals surface area contributed by atoms with E-state index in [1.54, 1.807) is 6.21 Å². The Bertz CT molecular complexity index is 885. The lowest BCUT2D eigenvalue weighted by Gasteiger charge is -2.05. The maximum atomic E-state index is 12.1. The summed E-state index contributed by atoms with van der Waals surface area (Å²) in [6.07, 6.45) is 1.61. The van der Waals surface area contributed by atoms with Crippen LogP contribution in [0.4, 0.5) is 0 Å². The Hall–Kier alpha value is -2.47. The molecule has 1 amide bonds. The molecule has 0 spiro atoms. The van der Waals surface area contributed by atoms with Gasteiger partial charge in [-0.05, 0) is 25.1 Å². The highest BCUT2D eigenvalue weighted by Crippen LogP contribution is 2.15. The number of carbonyl (C=O) groups is 1. The van der Waals surface area contributed by atoms with Crippen LogP contribution in [-0.2, 0) is 11.3 Å². The molecule has 0 unspecified atom stereocenters. The second-order valence-corrected chi connectivity index (χ2v) is 5.90. The van der Waals surface area contributed by atoms with Gasteiger partial charge in [0.05, 0.1) is 17.2 Å². The molecule has 0 atom stereocenters. The summed E-state index contributed by atoms with van der Waals surface area (Å²) in [5.74, 6) is 0.607. The fraction of sp³-hybridized carbons (Fsp3) is 0.118. The summed E-state index contributed by atoms with van der Waals surface area (Å²) in [5.41, 5.74) is 5.27. The second kappa shape index (κ2) is 6.75. The van der Waals surface area contributed by atoms with Crippen LogP contribution in [0.15, 0.2) is 58.1 Å². The summed E-state index contributed by atoms with van der Waals surface area (Å²) in [6.45, 7) is 2.07. The zero-order chi connectivity index (χ0) is 16.2. The molecular formula is C17H15BrN4O. The smallest absolute Gasteiger partial charge is 0.260 e. The average Bonchev–Trinajstić information content (AvgIpc) is 2.85. The molecule has 0 fully saturated rings. The number of halogens is 1. The first-order chi connectivity index (χ1) is 11.1. The van der Waals surface area contributed by atoms with Gasteiger partial charge < -0.3 is 4.57 Å². The van der Waals surface area contributed by atoms with Crippen molar-refractivity contribution in [2.24, 2.45) is 5.10 Å². The van der Waals surface area contributed by atoms with E-state index in [-0.39, 0.29) is 12.5 Å². The molecule has 116 valence electrons. The monoisotopic (exact) mass is 370 g/mol. The Morgan fingerprint density at radius 2 is 2.00 bits per heavy atom. The van der Waals surface area contributed by atoms with Crippen molar-refractivity contribution >= 4 is 39.1 Å². The Morgan fingerprint density at radius 3 is 2.83 bits per heavy atom. The molecule has 3 rings (SSSR count). The number of nitrogens with one attached hydrogen (secondary N) is 1. The van der Waals surface area contributed by atoms with E-state index in [0.29, 0.717) is 0 Å². The fourth-order valence-corrected chi connectivity index (χ4v) is 2.72. The van der Waals surface area contributed by atoms with E-state index in [1.165, 1.54) is 0 Å². The van der Waals surface area contributed by atoms with Gasteiger partial charge in [0.2, 0.25) is 0 Å². The number of hydrogen-bond donors (Lipinski definition) is 1. The van der Waals surface area contributed by atoms with E-state index < -0.39 is 0 Å². The van der Waals surface area contributed by atoms with Crippen molar-refractivity contribution in [1.29, 1.82) is 0 Å². The minimum atomic E-state index is -0.195. The number of rotatable bonds is 4. The Kier molecular flexibility index (Phi) is 4.52. The highest BCUT2D eigenvalue weighted by molar-refractivity contribution is 9.10. The summed E-state index contributed by atoms with van der Waals surface area (Å²) in [7, 11) is 0. The van der Waals surface area contributed by atoms with Crippen molar-refractivity contribution in [2.45, 2.75) is 13.5 Å². The van der Waals surface area contributed by atoms with E-state index in [0.717, 1.165) is 26.9 Å². The van der Waals surface area contributed by atoms with Crippen molar-refractivity contribution in [3.8, 4) is 0 Å². The molecule has 0 aliphatic rings. The highest BCUT2D eigenvalue weighted by atomic mass is 79.9. The molecule has 0 aliphatic carbocycles.